The first-order valence-corrected chi connectivity index (χ1v) is 22.3. The number of fused-ring (bicyclic) bond motifs is 7. The Morgan fingerprint density at radius 1 is 0.475 bits per heavy atom. The molecule has 0 amide bonds. The maximum absolute atomic E-state index is 6.58. The summed E-state index contributed by atoms with van der Waals surface area (Å²) in [7, 11) is 0. The first kappa shape index (κ1) is 33.8. The minimum Gasteiger partial charge on any atom is -0.456 e. The lowest BCUT2D eigenvalue weighted by Crippen LogP contribution is -2.48. The molecule has 59 heavy (non-hydrogen) atoms. The lowest BCUT2D eigenvalue weighted by atomic mass is 9.48. The summed E-state index contributed by atoms with van der Waals surface area (Å²) in [6.07, 6.45) is 8.46. The predicted molar refractivity (Wildman–Crippen MR) is 250 cm³/mol. The van der Waals surface area contributed by atoms with Gasteiger partial charge in [-0.25, -0.2) is 0 Å². The van der Waals surface area contributed by atoms with Crippen LogP contribution in [-0.4, -0.2) is 0 Å². The molecule has 4 fully saturated rings. The Hall–Kier alpha value is -6.16. The van der Waals surface area contributed by atoms with Crippen molar-refractivity contribution in [2.24, 2.45) is 17.8 Å². The van der Waals surface area contributed by atoms with E-state index in [4.69, 9.17) is 4.42 Å². The number of anilines is 3. The van der Waals surface area contributed by atoms with Gasteiger partial charge in [-0.2, -0.15) is 0 Å². The average molecular weight is 778 g/mol. The lowest BCUT2D eigenvalue weighted by Gasteiger charge is -2.57. The molecule has 8 aromatic carbocycles. The summed E-state index contributed by atoms with van der Waals surface area (Å²) in [6.45, 7) is 0. The molecule has 0 saturated heterocycles. The highest BCUT2D eigenvalue weighted by atomic mass is 32.1. The van der Waals surface area contributed by atoms with Gasteiger partial charge in [-0.15, -0.1) is 11.3 Å². The fourth-order valence-corrected chi connectivity index (χ4v) is 13.5. The molecule has 3 heteroatoms. The highest BCUT2D eigenvalue weighted by Crippen LogP contribution is 2.62. The number of rotatable bonds is 6. The van der Waals surface area contributed by atoms with Crippen molar-refractivity contribution in [3.63, 3.8) is 0 Å². The standard InChI is InChI=1S/C56H43NOS/c1-2-11-38(12-3-1)42-17-8-13-39-14-9-18-46(54(39)42)43-15-4-6-20-49(43)57(41-23-25-45-44-16-5-7-21-50(44)58-51(45)31-41)40-24-26-52-47(30-40)55-48(19-10-22-53(55)59-52)56-32-35-27-36(33-56)29-37(28-35)34-56/h1-26,30-31,35-37H,27-29,32-34H2. The number of thiophene rings is 1. The van der Waals surface area contributed by atoms with E-state index in [1.165, 1.54) is 91.7 Å². The number of hydrogen-bond donors (Lipinski definition) is 0. The minimum absolute atomic E-state index is 0.307. The van der Waals surface area contributed by atoms with E-state index in [0.717, 1.165) is 56.8 Å². The molecular weight excluding hydrogens is 735 g/mol. The molecule has 2 nitrogen and oxygen atoms in total. The molecule has 0 N–H and O–H groups in total. The molecule has 0 atom stereocenters. The van der Waals surface area contributed by atoms with Gasteiger partial charge < -0.3 is 9.32 Å². The molecule has 4 bridgehead atoms. The van der Waals surface area contributed by atoms with Crippen LogP contribution in [0.4, 0.5) is 17.1 Å². The Balaban J connectivity index is 1.06. The molecular formula is C56H43NOS. The van der Waals surface area contributed by atoms with Gasteiger partial charge in [0, 0.05) is 53.9 Å². The minimum atomic E-state index is 0.307. The van der Waals surface area contributed by atoms with E-state index in [1.807, 2.05) is 11.3 Å². The fraction of sp³-hybridized carbons (Fsp3) is 0.179. The monoisotopic (exact) mass is 777 g/mol. The van der Waals surface area contributed by atoms with E-state index in [2.05, 4.69) is 175 Å². The van der Waals surface area contributed by atoms with Crippen LogP contribution in [0.1, 0.15) is 44.1 Å². The highest BCUT2D eigenvalue weighted by Gasteiger charge is 2.52. The predicted octanol–water partition coefficient (Wildman–Crippen LogP) is 16.4. The van der Waals surface area contributed by atoms with Gasteiger partial charge >= 0.3 is 0 Å². The summed E-state index contributed by atoms with van der Waals surface area (Å²) in [5.41, 5.74) is 12.0. The molecule has 14 rings (SSSR count). The number of furan rings is 1. The Morgan fingerprint density at radius 3 is 1.97 bits per heavy atom. The first-order valence-electron chi connectivity index (χ1n) is 21.5. The number of hydrogen-bond acceptors (Lipinski definition) is 3. The Kier molecular flexibility index (Phi) is 7.40. The van der Waals surface area contributed by atoms with Crippen LogP contribution in [-0.2, 0) is 5.41 Å². The molecule has 4 saturated carbocycles. The van der Waals surface area contributed by atoms with Gasteiger partial charge in [0.2, 0.25) is 0 Å². The number of nitrogens with zero attached hydrogens (tertiary/aromatic N) is 1. The largest absolute Gasteiger partial charge is 0.456 e. The molecule has 0 unspecified atom stereocenters. The molecule has 284 valence electrons. The average Bonchev–Trinajstić information content (AvgIpc) is 3.84. The topological polar surface area (TPSA) is 16.4 Å². The summed E-state index contributed by atoms with van der Waals surface area (Å²) < 4.78 is 9.36. The van der Waals surface area contributed by atoms with Gasteiger partial charge in [0.1, 0.15) is 11.2 Å². The third kappa shape index (κ3) is 5.23. The van der Waals surface area contributed by atoms with Crippen LogP contribution in [0, 0.1) is 17.8 Å². The molecule has 0 spiro atoms. The van der Waals surface area contributed by atoms with E-state index in [0.29, 0.717) is 5.41 Å². The molecule has 0 radical (unpaired) electrons. The Morgan fingerprint density at radius 2 is 1.14 bits per heavy atom. The summed E-state index contributed by atoms with van der Waals surface area (Å²) >= 11 is 1.96. The first-order chi connectivity index (χ1) is 29.2. The van der Waals surface area contributed by atoms with Crippen LogP contribution in [0.2, 0.25) is 0 Å². The Bertz CT molecular complexity index is 3240. The molecule has 2 aromatic heterocycles. The van der Waals surface area contributed by atoms with Gasteiger partial charge in [-0.1, -0.05) is 115 Å². The molecule has 10 aromatic rings. The zero-order valence-corrected chi connectivity index (χ0v) is 33.7. The van der Waals surface area contributed by atoms with Crippen LogP contribution in [0.3, 0.4) is 0 Å². The van der Waals surface area contributed by atoms with Crippen LogP contribution >= 0.6 is 11.3 Å². The molecule has 0 aliphatic heterocycles. The SMILES string of the molecule is c1ccc(-c2cccc3cccc(-c4ccccc4N(c4ccc5c(c4)oc4ccccc45)c4ccc5sc6cccc(C78CC9CC(CC(C9)C7)C8)c6c5c4)c23)cc1. The van der Waals surface area contributed by atoms with E-state index < -0.39 is 0 Å². The van der Waals surface area contributed by atoms with Crippen LogP contribution in [0.25, 0.3) is 75.1 Å². The third-order valence-corrected chi connectivity index (χ3v) is 15.5. The van der Waals surface area contributed by atoms with Crippen molar-refractivity contribution in [2.45, 2.75) is 43.9 Å². The van der Waals surface area contributed by atoms with E-state index in [9.17, 15) is 0 Å². The number of benzene rings is 8. The van der Waals surface area contributed by atoms with E-state index >= 15 is 0 Å². The van der Waals surface area contributed by atoms with Crippen molar-refractivity contribution in [2.75, 3.05) is 4.90 Å². The maximum Gasteiger partial charge on any atom is 0.137 e. The van der Waals surface area contributed by atoms with Crippen molar-refractivity contribution in [3.05, 3.63) is 175 Å². The smallest absolute Gasteiger partial charge is 0.137 e. The second-order valence-electron chi connectivity index (χ2n) is 17.9. The second-order valence-corrected chi connectivity index (χ2v) is 18.9. The van der Waals surface area contributed by atoms with Crippen molar-refractivity contribution in [1.29, 1.82) is 0 Å². The van der Waals surface area contributed by atoms with Crippen molar-refractivity contribution in [3.8, 4) is 22.3 Å². The fourth-order valence-electron chi connectivity index (χ4n) is 12.4. The van der Waals surface area contributed by atoms with Crippen molar-refractivity contribution in [1.82, 2.24) is 0 Å². The summed E-state index contributed by atoms with van der Waals surface area (Å²) in [6, 6.07) is 63.0. The molecule has 2 heterocycles. The Labute approximate surface area is 348 Å². The maximum atomic E-state index is 6.58. The van der Waals surface area contributed by atoms with Gasteiger partial charge in [-0.3, -0.25) is 0 Å². The van der Waals surface area contributed by atoms with Gasteiger partial charge in [-0.05, 0) is 143 Å². The molecule has 4 aliphatic rings. The lowest BCUT2D eigenvalue weighted by molar-refractivity contribution is -0.00446. The summed E-state index contributed by atoms with van der Waals surface area (Å²) in [5.74, 6) is 2.69. The summed E-state index contributed by atoms with van der Waals surface area (Å²) in [4.78, 5) is 2.49. The summed E-state index contributed by atoms with van der Waals surface area (Å²) in [5, 5.41) is 7.67. The quantitative estimate of drug-likeness (QED) is 0.167. The normalized spacial score (nSPS) is 21.1. The molecule has 4 aliphatic carbocycles. The van der Waals surface area contributed by atoms with E-state index in [-0.39, 0.29) is 0 Å². The van der Waals surface area contributed by atoms with Gasteiger partial charge in [0.25, 0.3) is 0 Å². The van der Waals surface area contributed by atoms with Gasteiger partial charge in [0.05, 0.1) is 5.69 Å². The zero-order valence-electron chi connectivity index (χ0n) is 32.9. The van der Waals surface area contributed by atoms with E-state index in [1.54, 1.807) is 5.56 Å². The van der Waals surface area contributed by atoms with Crippen LogP contribution in [0.15, 0.2) is 174 Å². The zero-order chi connectivity index (χ0) is 38.7. The van der Waals surface area contributed by atoms with Crippen LogP contribution in [0.5, 0.6) is 0 Å². The van der Waals surface area contributed by atoms with Crippen LogP contribution < -0.4 is 4.90 Å². The highest BCUT2D eigenvalue weighted by molar-refractivity contribution is 7.25. The second kappa shape index (κ2) is 12.9. The third-order valence-electron chi connectivity index (χ3n) is 14.4. The number of para-hydroxylation sites is 2. The van der Waals surface area contributed by atoms with Gasteiger partial charge in [0.15, 0.2) is 0 Å². The van der Waals surface area contributed by atoms with Crippen molar-refractivity contribution < 1.29 is 4.42 Å². The van der Waals surface area contributed by atoms with Crippen molar-refractivity contribution >= 4 is 81.3 Å².